The number of rotatable bonds is 4. The van der Waals surface area contributed by atoms with Gasteiger partial charge in [-0.05, 0) is 30.2 Å². The Bertz CT molecular complexity index is 1030. The number of para-hydroxylation sites is 1. The Morgan fingerprint density at radius 1 is 1.06 bits per heavy atom. The summed E-state index contributed by atoms with van der Waals surface area (Å²) in [6.45, 7) is 3.22. The standard InChI is InChI=1S/C25H28N2O5/c1-17(28)27-12-10-25(11-13-27)15-20(19-4-2-3-5-21(19)32-25)26-24(29)9-7-18-6-8-22-23(14-18)31-16-30-22/h2-6,8,14,20H,7,9-13,15-16H2,1H3,(H,26,29)/t20-/m0/s1. The number of fused-ring (bicyclic) bond motifs is 2. The summed E-state index contributed by atoms with van der Waals surface area (Å²) in [4.78, 5) is 26.5. The number of hydrogen-bond acceptors (Lipinski definition) is 5. The van der Waals surface area contributed by atoms with Crippen molar-refractivity contribution < 1.29 is 23.8 Å². The first-order valence-electron chi connectivity index (χ1n) is 11.2. The van der Waals surface area contributed by atoms with Gasteiger partial charge in [0.1, 0.15) is 11.4 Å². The maximum atomic E-state index is 12.9. The van der Waals surface area contributed by atoms with Crippen LogP contribution < -0.4 is 19.5 Å². The molecule has 1 fully saturated rings. The molecule has 7 nitrogen and oxygen atoms in total. The Kier molecular flexibility index (Phi) is 5.41. The van der Waals surface area contributed by atoms with E-state index in [9.17, 15) is 9.59 Å². The zero-order valence-corrected chi connectivity index (χ0v) is 18.3. The molecule has 3 heterocycles. The molecule has 0 bridgehead atoms. The van der Waals surface area contributed by atoms with Crippen molar-refractivity contribution in [2.45, 2.75) is 50.7 Å². The smallest absolute Gasteiger partial charge is 0.231 e. The Morgan fingerprint density at radius 2 is 1.84 bits per heavy atom. The molecule has 0 unspecified atom stereocenters. The molecule has 3 aliphatic heterocycles. The maximum Gasteiger partial charge on any atom is 0.231 e. The zero-order chi connectivity index (χ0) is 22.1. The van der Waals surface area contributed by atoms with Crippen LogP contribution in [-0.2, 0) is 16.0 Å². The van der Waals surface area contributed by atoms with Crippen LogP contribution in [-0.4, -0.2) is 42.2 Å². The highest BCUT2D eigenvalue weighted by molar-refractivity contribution is 5.77. The summed E-state index contributed by atoms with van der Waals surface area (Å²) in [5.41, 5.74) is 1.71. The number of piperidine rings is 1. The molecule has 1 saturated heterocycles. The van der Waals surface area contributed by atoms with Gasteiger partial charge in [0.15, 0.2) is 11.5 Å². The van der Waals surface area contributed by atoms with Gasteiger partial charge >= 0.3 is 0 Å². The average molecular weight is 437 g/mol. The first-order chi connectivity index (χ1) is 15.5. The normalized spacial score (nSPS) is 20.4. The largest absolute Gasteiger partial charge is 0.487 e. The Labute approximate surface area is 187 Å². The fourth-order valence-corrected chi connectivity index (χ4v) is 4.90. The summed E-state index contributed by atoms with van der Waals surface area (Å²) >= 11 is 0. The van der Waals surface area contributed by atoms with Gasteiger partial charge in [0.25, 0.3) is 0 Å². The van der Waals surface area contributed by atoms with Crippen molar-refractivity contribution in [3.63, 3.8) is 0 Å². The third kappa shape index (κ3) is 4.11. The lowest BCUT2D eigenvalue weighted by molar-refractivity contribution is -0.133. The van der Waals surface area contributed by atoms with Crippen LogP contribution in [0, 0.1) is 0 Å². The van der Waals surface area contributed by atoms with Crippen molar-refractivity contribution in [1.29, 1.82) is 0 Å². The third-order valence-corrected chi connectivity index (χ3v) is 6.73. The van der Waals surface area contributed by atoms with Crippen LogP contribution >= 0.6 is 0 Å². The van der Waals surface area contributed by atoms with Gasteiger partial charge in [0.2, 0.25) is 18.6 Å². The van der Waals surface area contributed by atoms with E-state index in [1.165, 1.54) is 0 Å². The number of nitrogens with one attached hydrogen (secondary N) is 1. The number of aryl methyl sites for hydroxylation is 1. The van der Waals surface area contributed by atoms with E-state index in [0.717, 1.165) is 41.2 Å². The van der Waals surface area contributed by atoms with Gasteiger partial charge in [-0.1, -0.05) is 24.3 Å². The van der Waals surface area contributed by atoms with Crippen molar-refractivity contribution in [2.75, 3.05) is 19.9 Å². The zero-order valence-electron chi connectivity index (χ0n) is 18.3. The van der Waals surface area contributed by atoms with Crippen LogP contribution in [0.5, 0.6) is 17.2 Å². The third-order valence-electron chi connectivity index (χ3n) is 6.73. The van der Waals surface area contributed by atoms with E-state index in [0.29, 0.717) is 32.4 Å². The summed E-state index contributed by atoms with van der Waals surface area (Å²) in [7, 11) is 0. The number of ether oxygens (including phenoxy) is 3. The molecule has 2 aromatic carbocycles. The van der Waals surface area contributed by atoms with Crippen molar-refractivity contribution >= 4 is 11.8 Å². The molecule has 1 N–H and O–H groups in total. The fraction of sp³-hybridized carbons (Fsp3) is 0.440. The fourth-order valence-electron chi connectivity index (χ4n) is 4.90. The van der Waals surface area contributed by atoms with Gasteiger partial charge in [0.05, 0.1) is 6.04 Å². The quantitative estimate of drug-likeness (QED) is 0.795. The first kappa shape index (κ1) is 20.7. The minimum Gasteiger partial charge on any atom is -0.487 e. The van der Waals surface area contributed by atoms with Crippen LogP contribution in [0.25, 0.3) is 0 Å². The summed E-state index contributed by atoms with van der Waals surface area (Å²) in [5, 5.41) is 3.25. The molecule has 0 saturated carbocycles. The predicted molar refractivity (Wildman–Crippen MR) is 118 cm³/mol. The minimum absolute atomic E-state index is 0.0145. The van der Waals surface area contributed by atoms with E-state index in [1.54, 1.807) is 6.92 Å². The van der Waals surface area contributed by atoms with Crippen molar-refractivity contribution in [3.05, 3.63) is 53.6 Å². The first-order valence-corrected chi connectivity index (χ1v) is 11.2. The number of benzene rings is 2. The molecule has 0 aliphatic carbocycles. The number of nitrogens with zero attached hydrogens (tertiary/aromatic N) is 1. The van der Waals surface area contributed by atoms with Gasteiger partial charge in [-0.15, -0.1) is 0 Å². The van der Waals surface area contributed by atoms with Crippen LogP contribution in [0.1, 0.15) is 49.8 Å². The number of carbonyl (C=O) groups is 2. The molecule has 7 heteroatoms. The molecule has 168 valence electrons. The molecule has 1 spiro atoms. The Balaban J connectivity index is 1.26. The lowest BCUT2D eigenvalue weighted by Gasteiger charge is -2.46. The molecule has 1 atom stereocenters. The van der Waals surface area contributed by atoms with Gasteiger partial charge in [-0.2, -0.15) is 0 Å². The van der Waals surface area contributed by atoms with Gasteiger partial charge in [-0.3, -0.25) is 9.59 Å². The predicted octanol–water partition coefficient (Wildman–Crippen LogP) is 3.37. The SMILES string of the molecule is CC(=O)N1CCC2(CC1)C[C@H](NC(=O)CCc1ccc3c(c1)OCO3)c1ccccc1O2. The van der Waals surface area contributed by atoms with E-state index < -0.39 is 0 Å². The molecule has 5 rings (SSSR count). The summed E-state index contributed by atoms with van der Waals surface area (Å²) < 4.78 is 17.2. The number of carbonyl (C=O) groups excluding carboxylic acids is 2. The van der Waals surface area contributed by atoms with Crippen LogP contribution in [0.4, 0.5) is 0 Å². The van der Waals surface area contributed by atoms with Gasteiger partial charge < -0.3 is 24.4 Å². The number of likely N-dealkylation sites (tertiary alicyclic amines) is 1. The van der Waals surface area contributed by atoms with Crippen molar-refractivity contribution in [1.82, 2.24) is 10.2 Å². The second-order valence-electron chi connectivity index (χ2n) is 8.84. The monoisotopic (exact) mass is 436 g/mol. The highest BCUT2D eigenvalue weighted by Crippen LogP contribution is 2.44. The minimum atomic E-state index is -0.352. The van der Waals surface area contributed by atoms with E-state index in [4.69, 9.17) is 14.2 Å². The van der Waals surface area contributed by atoms with Crippen LogP contribution in [0.3, 0.4) is 0 Å². The van der Waals surface area contributed by atoms with Crippen molar-refractivity contribution in [3.8, 4) is 17.2 Å². The van der Waals surface area contributed by atoms with E-state index in [1.807, 2.05) is 47.4 Å². The topological polar surface area (TPSA) is 77.1 Å². The van der Waals surface area contributed by atoms with Gasteiger partial charge in [-0.25, -0.2) is 0 Å². The number of amides is 2. The molecular weight excluding hydrogens is 408 g/mol. The Morgan fingerprint density at radius 3 is 2.66 bits per heavy atom. The lowest BCUT2D eigenvalue weighted by Crippen LogP contribution is -2.53. The van der Waals surface area contributed by atoms with Crippen molar-refractivity contribution in [2.24, 2.45) is 0 Å². The second-order valence-corrected chi connectivity index (χ2v) is 8.84. The van der Waals surface area contributed by atoms with E-state index in [-0.39, 0.29) is 30.3 Å². The lowest BCUT2D eigenvalue weighted by atomic mass is 9.80. The highest BCUT2D eigenvalue weighted by atomic mass is 16.7. The Hall–Kier alpha value is -3.22. The van der Waals surface area contributed by atoms with E-state index in [2.05, 4.69) is 5.32 Å². The molecule has 32 heavy (non-hydrogen) atoms. The summed E-state index contributed by atoms with van der Waals surface area (Å²) in [5.74, 6) is 2.43. The second kappa shape index (κ2) is 8.37. The number of hydrogen-bond donors (Lipinski definition) is 1. The highest BCUT2D eigenvalue weighted by Gasteiger charge is 2.44. The summed E-state index contributed by atoms with van der Waals surface area (Å²) in [6, 6.07) is 13.6. The molecule has 3 aliphatic rings. The van der Waals surface area contributed by atoms with Gasteiger partial charge in [0, 0.05) is 51.3 Å². The summed E-state index contributed by atoms with van der Waals surface area (Å²) in [6.07, 6.45) is 3.27. The van der Waals surface area contributed by atoms with Crippen LogP contribution in [0.15, 0.2) is 42.5 Å². The van der Waals surface area contributed by atoms with Crippen LogP contribution in [0.2, 0.25) is 0 Å². The maximum absolute atomic E-state index is 12.9. The van der Waals surface area contributed by atoms with E-state index >= 15 is 0 Å². The molecule has 0 radical (unpaired) electrons. The molecule has 0 aromatic heterocycles. The molecular formula is C25H28N2O5. The average Bonchev–Trinajstić information content (AvgIpc) is 3.26. The molecule has 2 aromatic rings. The molecule has 2 amide bonds.